The molecule has 0 unspecified atom stereocenters. The van der Waals surface area contributed by atoms with E-state index < -0.39 is 0 Å². The third kappa shape index (κ3) is 4.04. The third-order valence-corrected chi connectivity index (χ3v) is 4.31. The molecule has 3 heterocycles. The summed E-state index contributed by atoms with van der Waals surface area (Å²) in [6.07, 6.45) is 4.91. The quantitative estimate of drug-likeness (QED) is 0.841. The SMILES string of the molecule is CCn1cnnc1CCNc1cc(C2CCNCC2)nc(C)n1. The molecule has 1 fully saturated rings. The van der Waals surface area contributed by atoms with Crippen molar-refractivity contribution in [1.29, 1.82) is 0 Å². The van der Waals surface area contributed by atoms with Gasteiger partial charge in [0.05, 0.1) is 0 Å². The number of nitrogens with zero attached hydrogens (tertiary/aromatic N) is 5. The summed E-state index contributed by atoms with van der Waals surface area (Å²) in [4.78, 5) is 9.15. The standard InChI is InChI=1S/C16H25N7/c1-3-23-11-19-22-16(23)6-9-18-15-10-14(20-12(2)21-15)13-4-7-17-8-5-13/h10-11,13,17H,3-9H2,1-2H3,(H,18,20,21). The highest BCUT2D eigenvalue weighted by atomic mass is 15.3. The highest BCUT2D eigenvalue weighted by Crippen LogP contribution is 2.25. The summed E-state index contributed by atoms with van der Waals surface area (Å²) in [5, 5.41) is 14.9. The van der Waals surface area contributed by atoms with Gasteiger partial charge in [0.2, 0.25) is 0 Å². The van der Waals surface area contributed by atoms with Crippen molar-refractivity contribution in [3.05, 3.63) is 29.7 Å². The van der Waals surface area contributed by atoms with E-state index in [4.69, 9.17) is 0 Å². The van der Waals surface area contributed by atoms with Crippen molar-refractivity contribution in [3.8, 4) is 0 Å². The van der Waals surface area contributed by atoms with Crippen molar-refractivity contribution in [3.63, 3.8) is 0 Å². The molecule has 1 saturated heterocycles. The van der Waals surface area contributed by atoms with E-state index in [-0.39, 0.29) is 0 Å². The first-order valence-electron chi connectivity index (χ1n) is 8.43. The molecule has 124 valence electrons. The van der Waals surface area contributed by atoms with Gasteiger partial charge in [-0.3, -0.25) is 0 Å². The maximum atomic E-state index is 4.64. The van der Waals surface area contributed by atoms with Crippen LogP contribution in [0.25, 0.3) is 0 Å². The Bertz CT molecular complexity index is 631. The second-order valence-electron chi connectivity index (χ2n) is 5.96. The summed E-state index contributed by atoms with van der Waals surface area (Å²) in [5.41, 5.74) is 1.17. The highest BCUT2D eigenvalue weighted by Gasteiger charge is 2.17. The Morgan fingerprint density at radius 3 is 2.91 bits per heavy atom. The van der Waals surface area contributed by atoms with Crippen molar-refractivity contribution >= 4 is 5.82 Å². The summed E-state index contributed by atoms with van der Waals surface area (Å²) in [7, 11) is 0. The van der Waals surface area contributed by atoms with Crippen LogP contribution in [-0.4, -0.2) is 44.4 Å². The lowest BCUT2D eigenvalue weighted by Crippen LogP contribution is -2.27. The van der Waals surface area contributed by atoms with Gasteiger partial charge in [0.1, 0.15) is 23.8 Å². The Labute approximate surface area is 136 Å². The molecule has 1 aliphatic rings. The van der Waals surface area contributed by atoms with Crippen LogP contribution in [-0.2, 0) is 13.0 Å². The zero-order valence-electron chi connectivity index (χ0n) is 13.9. The molecule has 7 heteroatoms. The van der Waals surface area contributed by atoms with Crippen LogP contribution in [0.15, 0.2) is 12.4 Å². The number of aryl methyl sites for hydroxylation is 2. The Balaban J connectivity index is 1.62. The molecule has 0 spiro atoms. The van der Waals surface area contributed by atoms with Crippen LogP contribution in [0, 0.1) is 6.92 Å². The number of piperidine rings is 1. The van der Waals surface area contributed by atoms with Crippen LogP contribution in [0.1, 0.15) is 43.0 Å². The first-order valence-corrected chi connectivity index (χ1v) is 8.43. The van der Waals surface area contributed by atoms with Gasteiger partial charge >= 0.3 is 0 Å². The predicted octanol–water partition coefficient (Wildman–Crippen LogP) is 1.52. The fraction of sp³-hybridized carbons (Fsp3) is 0.625. The monoisotopic (exact) mass is 315 g/mol. The second kappa shape index (κ2) is 7.50. The van der Waals surface area contributed by atoms with E-state index >= 15 is 0 Å². The number of hydrogen-bond donors (Lipinski definition) is 2. The zero-order chi connectivity index (χ0) is 16.1. The first-order chi connectivity index (χ1) is 11.3. The molecule has 2 aromatic rings. The van der Waals surface area contributed by atoms with Gasteiger partial charge in [-0.2, -0.15) is 0 Å². The summed E-state index contributed by atoms with van der Waals surface area (Å²) in [6, 6.07) is 2.10. The van der Waals surface area contributed by atoms with E-state index in [1.807, 2.05) is 6.92 Å². The van der Waals surface area contributed by atoms with Gasteiger partial charge < -0.3 is 15.2 Å². The van der Waals surface area contributed by atoms with E-state index in [1.54, 1.807) is 6.33 Å². The van der Waals surface area contributed by atoms with Crippen molar-refractivity contribution in [2.75, 3.05) is 25.0 Å². The average molecular weight is 315 g/mol. The van der Waals surface area contributed by atoms with Crippen LogP contribution in [0.4, 0.5) is 5.82 Å². The Hall–Kier alpha value is -2.02. The molecule has 7 nitrogen and oxygen atoms in total. The van der Waals surface area contributed by atoms with Crippen LogP contribution in [0.5, 0.6) is 0 Å². The largest absolute Gasteiger partial charge is 0.370 e. The average Bonchev–Trinajstić information content (AvgIpc) is 3.03. The normalized spacial score (nSPS) is 15.7. The molecule has 3 rings (SSSR count). The summed E-state index contributed by atoms with van der Waals surface area (Å²) >= 11 is 0. The van der Waals surface area contributed by atoms with Crippen LogP contribution >= 0.6 is 0 Å². The van der Waals surface area contributed by atoms with Crippen molar-refractivity contribution in [2.24, 2.45) is 0 Å². The molecule has 0 bridgehead atoms. The molecule has 2 N–H and O–H groups in total. The molecule has 0 radical (unpaired) electrons. The molecular weight excluding hydrogens is 290 g/mol. The van der Waals surface area contributed by atoms with Gasteiger partial charge in [-0.05, 0) is 39.8 Å². The topological polar surface area (TPSA) is 80.5 Å². The lowest BCUT2D eigenvalue weighted by atomic mass is 9.94. The number of anilines is 1. The molecule has 0 amide bonds. The van der Waals surface area contributed by atoms with Crippen LogP contribution in [0.3, 0.4) is 0 Å². The highest BCUT2D eigenvalue weighted by molar-refractivity contribution is 5.37. The molecule has 0 atom stereocenters. The van der Waals surface area contributed by atoms with Crippen molar-refractivity contribution in [1.82, 2.24) is 30.0 Å². The van der Waals surface area contributed by atoms with Crippen LogP contribution in [0.2, 0.25) is 0 Å². The van der Waals surface area contributed by atoms with Gasteiger partial charge in [0.15, 0.2) is 0 Å². The Morgan fingerprint density at radius 2 is 2.13 bits per heavy atom. The summed E-state index contributed by atoms with van der Waals surface area (Å²) in [6.45, 7) is 7.89. The maximum absolute atomic E-state index is 4.64. The van der Waals surface area contributed by atoms with E-state index in [0.717, 1.165) is 62.9 Å². The molecule has 2 aromatic heterocycles. The van der Waals surface area contributed by atoms with Gasteiger partial charge in [0, 0.05) is 37.2 Å². The van der Waals surface area contributed by atoms with Crippen molar-refractivity contribution < 1.29 is 0 Å². The third-order valence-electron chi connectivity index (χ3n) is 4.31. The first kappa shape index (κ1) is 15.9. The molecule has 1 aliphatic heterocycles. The fourth-order valence-corrected chi connectivity index (χ4v) is 3.05. The number of aromatic nitrogens is 5. The molecule has 0 aliphatic carbocycles. The van der Waals surface area contributed by atoms with E-state index in [1.165, 1.54) is 5.69 Å². The Kier molecular flexibility index (Phi) is 5.17. The van der Waals surface area contributed by atoms with Gasteiger partial charge in [-0.25, -0.2) is 9.97 Å². The van der Waals surface area contributed by atoms with Gasteiger partial charge in [-0.15, -0.1) is 10.2 Å². The molecule has 23 heavy (non-hydrogen) atoms. The molecule has 0 saturated carbocycles. The van der Waals surface area contributed by atoms with E-state index in [9.17, 15) is 0 Å². The Morgan fingerprint density at radius 1 is 1.30 bits per heavy atom. The second-order valence-corrected chi connectivity index (χ2v) is 5.96. The van der Waals surface area contributed by atoms with E-state index in [2.05, 4.69) is 48.4 Å². The smallest absolute Gasteiger partial charge is 0.134 e. The fourth-order valence-electron chi connectivity index (χ4n) is 3.05. The van der Waals surface area contributed by atoms with Crippen molar-refractivity contribution in [2.45, 2.75) is 45.6 Å². The maximum Gasteiger partial charge on any atom is 0.134 e. The molecular formula is C16H25N7. The minimum absolute atomic E-state index is 0.543. The number of nitrogens with one attached hydrogen (secondary N) is 2. The zero-order valence-corrected chi connectivity index (χ0v) is 13.9. The van der Waals surface area contributed by atoms with Gasteiger partial charge in [-0.1, -0.05) is 0 Å². The summed E-state index contributed by atoms with van der Waals surface area (Å²) in [5.74, 6) is 3.29. The summed E-state index contributed by atoms with van der Waals surface area (Å²) < 4.78 is 2.06. The van der Waals surface area contributed by atoms with Gasteiger partial charge in [0.25, 0.3) is 0 Å². The van der Waals surface area contributed by atoms with E-state index in [0.29, 0.717) is 5.92 Å². The van der Waals surface area contributed by atoms with Crippen LogP contribution < -0.4 is 10.6 Å². The minimum Gasteiger partial charge on any atom is -0.370 e. The number of rotatable bonds is 6. The molecule has 0 aromatic carbocycles. The lowest BCUT2D eigenvalue weighted by Gasteiger charge is -2.22. The predicted molar refractivity (Wildman–Crippen MR) is 89.5 cm³/mol. The minimum atomic E-state index is 0.543. The number of hydrogen-bond acceptors (Lipinski definition) is 6. The lowest BCUT2D eigenvalue weighted by molar-refractivity contribution is 0.452.